The molecule has 1 saturated heterocycles. The predicted molar refractivity (Wildman–Crippen MR) is 134 cm³/mol. The van der Waals surface area contributed by atoms with Crippen LogP contribution in [-0.2, 0) is 22.5 Å². The highest BCUT2D eigenvalue weighted by atomic mass is 19.4. The third-order valence-electron chi connectivity index (χ3n) is 6.42. The van der Waals surface area contributed by atoms with Crippen LogP contribution in [0.1, 0.15) is 29.5 Å². The van der Waals surface area contributed by atoms with Gasteiger partial charge in [-0.05, 0) is 66.4 Å². The summed E-state index contributed by atoms with van der Waals surface area (Å²) in [7, 11) is 0. The van der Waals surface area contributed by atoms with Gasteiger partial charge in [0.05, 0.1) is 11.3 Å². The lowest BCUT2D eigenvalue weighted by Crippen LogP contribution is -2.45. The van der Waals surface area contributed by atoms with Crippen molar-refractivity contribution in [3.8, 4) is 5.75 Å². The van der Waals surface area contributed by atoms with Crippen molar-refractivity contribution in [3.05, 3.63) is 102 Å². The van der Waals surface area contributed by atoms with E-state index < -0.39 is 23.4 Å². The first-order valence-electron chi connectivity index (χ1n) is 12.1. The van der Waals surface area contributed by atoms with E-state index in [1.165, 1.54) is 12.1 Å². The Kier molecular flexibility index (Phi) is 7.26. The summed E-state index contributed by atoms with van der Waals surface area (Å²) in [5.74, 6) is 0.683. The van der Waals surface area contributed by atoms with E-state index in [-0.39, 0.29) is 0 Å². The minimum atomic E-state index is -4.38. The first-order chi connectivity index (χ1) is 18.3. The molecule has 2 N–H and O–H groups in total. The summed E-state index contributed by atoms with van der Waals surface area (Å²) in [6, 6.07) is 21.7. The molecule has 0 atom stereocenters. The van der Waals surface area contributed by atoms with E-state index in [2.05, 4.69) is 10.8 Å². The minimum absolute atomic E-state index is 0.429. The van der Waals surface area contributed by atoms with E-state index >= 15 is 0 Å². The molecule has 0 unspecified atom stereocenters. The highest BCUT2D eigenvalue weighted by Gasteiger charge is 2.40. The third-order valence-corrected chi connectivity index (χ3v) is 6.42. The summed E-state index contributed by atoms with van der Waals surface area (Å²) in [6.07, 6.45) is -2.04. The van der Waals surface area contributed by atoms with Gasteiger partial charge in [0.15, 0.2) is 0 Å². The van der Waals surface area contributed by atoms with Gasteiger partial charge in [0.2, 0.25) is 0 Å². The van der Waals surface area contributed by atoms with Gasteiger partial charge in [-0.25, -0.2) is 4.79 Å². The van der Waals surface area contributed by atoms with Crippen LogP contribution in [0, 0.1) is 0 Å². The number of piperidine rings is 1. The average Bonchev–Trinajstić information content (AvgIpc) is 3.33. The Morgan fingerprint density at radius 2 is 1.66 bits per heavy atom. The molecular formula is C28H26F3N3O4. The lowest BCUT2D eigenvalue weighted by atomic mass is 9.91. The van der Waals surface area contributed by atoms with Crippen LogP contribution in [0.3, 0.4) is 0 Å². The van der Waals surface area contributed by atoms with Crippen LogP contribution in [0.15, 0.2) is 84.9 Å². The predicted octanol–water partition coefficient (Wildman–Crippen LogP) is 6.16. The maximum absolute atomic E-state index is 12.8. The van der Waals surface area contributed by atoms with Gasteiger partial charge in [0, 0.05) is 18.8 Å². The van der Waals surface area contributed by atoms with Crippen LogP contribution >= 0.6 is 0 Å². The van der Waals surface area contributed by atoms with Gasteiger partial charge < -0.3 is 9.57 Å². The number of ether oxygens (including phenoxy) is 1. The molecule has 2 aliphatic heterocycles. The van der Waals surface area contributed by atoms with E-state index in [1.807, 2.05) is 36.4 Å². The van der Waals surface area contributed by atoms with Crippen molar-refractivity contribution >= 4 is 17.5 Å². The monoisotopic (exact) mass is 525 g/mol. The Morgan fingerprint density at radius 3 is 2.32 bits per heavy atom. The second kappa shape index (κ2) is 10.8. The molecule has 38 heavy (non-hydrogen) atoms. The maximum atomic E-state index is 12.8. The Morgan fingerprint density at radius 1 is 0.974 bits per heavy atom. The smallest absolute Gasteiger partial charge is 0.430 e. The van der Waals surface area contributed by atoms with Gasteiger partial charge in [-0.2, -0.15) is 13.2 Å². The summed E-state index contributed by atoms with van der Waals surface area (Å²) in [4.78, 5) is 23.6. The summed E-state index contributed by atoms with van der Waals surface area (Å²) in [5.41, 5.74) is 4.36. The minimum Gasteiger partial charge on any atom is -0.489 e. The van der Waals surface area contributed by atoms with Crippen molar-refractivity contribution in [1.82, 2.24) is 10.5 Å². The number of carbonyl (C=O) groups is 1. The van der Waals surface area contributed by atoms with Crippen LogP contribution in [0.4, 0.5) is 23.7 Å². The quantitative estimate of drug-likeness (QED) is 0.402. The number of nitrogens with zero attached hydrogens (tertiary/aromatic N) is 1. The van der Waals surface area contributed by atoms with Gasteiger partial charge in [0.1, 0.15) is 18.0 Å². The lowest BCUT2D eigenvalue weighted by Gasteiger charge is -2.35. The molecule has 1 fully saturated rings. The van der Waals surface area contributed by atoms with Crippen molar-refractivity contribution in [2.24, 2.45) is 0 Å². The van der Waals surface area contributed by atoms with Gasteiger partial charge in [-0.1, -0.05) is 42.5 Å². The number of anilines is 1. The molecule has 198 valence electrons. The SMILES string of the molecule is O=C(Nc1ccc(OCc2ccccc2)cc1)ON1CCC2(C=C(c3ccc(C(F)(F)F)cc3)NO2)CC1. The van der Waals surface area contributed by atoms with Crippen LogP contribution in [-0.4, -0.2) is 29.8 Å². The van der Waals surface area contributed by atoms with Crippen molar-refractivity contribution < 1.29 is 32.4 Å². The number of hydrogen-bond acceptors (Lipinski definition) is 6. The van der Waals surface area contributed by atoms with Crippen molar-refractivity contribution in [2.45, 2.75) is 31.2 Å². The largest absolute Gasteiger partial charge is 0.489 e. The zero-order valence-corrected chi connectivity index (χ0v) is 20.3. The number of hydroxylamine groups is 3. The normalized spacial score (nSPS) is 17.0. The van der Waals surface area contributed by atoms with E-state index in [4.69, 9.17) is 14.4 Å². The zero-order valence-electron chi connectivity index (χ0n) is 20.3. The topological polar surface area (TPSA) is 72.1 Å². The molecular weight excluding hydrogens is 499 g/mol. The standard InChI is InChI=1S/C28H26F3N3O4/c29-28(30,31)22-8-6-21(7-9-22)25-18-27(38-33-25)14-16-34(17-15-27)37-26(35)32-23-10-12-24(13-11-23)36-19-20-4-2-1-3-5-20/h1-13,18,33H,14-17,19H2,(H,32,35). The number of nitrogens with one attached hydrogen (secondary N) is 2. The van der Waals surface area contributed by atoms with Crippen molar-refractivity contribution in [1.29, 1.82) is 0 Å². The molecule has 7 nitrogen and oxygen atoms in total. The van der Waals surface area contributed by atoms with Crippen LogP contribution in [0.25, 0.3) is 5.70 Å². The second-order valence-electron chi connectivity index (χ2n) is 9.13. The van der Waals surface area contributed by atoms with E-state index in [9.17, 15) is 18.0 Å². The highest BCUT2D eigenvalue weighted by molar-refractivity contribution is 5.84. The molecule has 2 heterocycles. The number of rotatable bonds is 6. The van der Waals surface area contributed by atoms with Crippen LogP contribution in [0.5, 0.6) is 5.75 Å². The molecule has 1 spiro atoms. The van der Waals surface area contributed by atoms with Crippen LogP contribution in [0.2, 0.25) is 0 Å². The van der Waals surface area contributed by atoms with E-state index in [0.717, 1.165) is 17.7 Å². The molecule has 3 aromatic carbocycles. The summed E-state index contributed by atoms with van der Waals surface area (Å²) in [5, 5.41) is 4.26. The van der Waals surface area contributed by atoms with Crippen molar-refractivity contribution in [3.63, 3.8) is 0 Å². The zero-order chi connectivity index (χ0) is 26.6. The fourth-order valence-corrected chi connectivity index (χ4v) is 4.30. The first kappa shape index (κ1) is 25.6. The lowest BCUT2D eigenvalue weighted by molar-refractivity contribution is -0.153. The number of halogens is 3. The molecule has 1 amide bonds. The molecule has 0 aromatic heterocycles. The fourth-order valence-electron chi connectivity index (χ4n) is 4.30. The first-order valence-corrected chi connectivity index (χ1v) is 12.1. The molecule has 3 aromatic rings. The molecule has 0 bridgehead atoms. The Hall–Kier alpha value is -4.02. The third kappa shape index (κ3) is 6.27. The summed E-state index contributed by atoms with van der Waals surface area (Å²) >= 11 is 0. The second-order valence-corrected chi connectivity index (χ2v) is 9.13. The average molecular weight is 526 g/mol. The number of benzene rings is 3. The van der Waals surface area contributed by atoms with Gasteiger partial charge in [-0.3, -0.25) is 15.6 Å². The van der Waals surface area contributed by atoms with E-state index in [0.29, 0.717) is 55.2 Å². The maximum Gasteiger partial charge on any atom is 0.430 e. The summed E-state index contributed by atoms with van der Waals surface area (Å²) < 4.78 is 44.2. The molecule has 10 heteroatoms. The Balaban J connectivity index is 1.08. The van der Waals surface area contributed by atoms with Gasteiger partial charge in [0.25, 0.3) is 0 Å². The highest BCUT2D eigenvalue weighted by Crippen LogP contribution is 2.36. The molecule has 0 aliphatic carbocycles. The Bertz CT molecular complexity index is 1270. The summed E-state index contributed by atoms with van der Waals surface area (Å²) in [6.45, 7) is 1.31. The van der Waals surface area contributed by atoms with E-state index in [1.54, 1.807) is 29.3 Å². The Labute approximate surface area is 217 Å². The van der Waals surface area contributed by atoms with Crippen LogP contribution < -0.4 is 15.5 Å². The number of carbonyl (C=O) groups excluding carboxylic acids is 1. The number of amides is 1. The fraction of sp³-hybridized carbons (Fsp3) is 0.250. The molecule has 2 aliphatic rings. The molecule has 0 saturated carbocycles. The number of alkyl halides is 3. The number of hydrogen-bond donors (Lipinski definition) is 2. The van der Waals surface area contributed by atoms with Gasteiger partial charge in [-0.15, -0.1) is 5.06 Å². The molecule has 5 rings (SSSR count). The van der Waals surface area contributed by atoms with Gasteiger partial charge >= 0.3 is 12.3 Å². The van der Waals surface area contributed by atoms with Crippen molar-refractivity contribution in [2.75, 3.05) is 18.4 Å². The molecule has 0 radical (unpaired) electrons.